The first-order valence-electron chi connectivity index (χ1n) is 27.1. The maximum absolute atomic E-state index is 14.0. The van der Waals surface area contributed by atoms with Crippen molar-refractivity contribution in [3.8, 4) is 11.5 Å². The fourth-order valence-corrected chi connectivity index (χ4v) is 12.2. The van der Waals surface area contributed by atoms with Gasteiger partial charge in [0.25, 0.3) is 0 Å². The largest absolute Gasteiger partial charge is 0.487 e. The van der Waals surface area contributed by atoms with Crippen molar-refractivity contribution in [3.63, 3.8) is 0 Å². The van der Waals surface area contributed by atoms with Gasteiger partial charge < -0.3 is 9.47 Å². The third kappa shape index (κ3) is 16.8. The van der Waals surface area contributed by atoms with E-state index in [4.69, 9.17) is 9.47 Å². The summed E-state index contributed by atoms with van der Waals surface area (Å²) in [5.41, 5.74) is 21.0. The van der Waals surface area contributed by atoms with Crippen molar-refractivity contribution in [2.45, 2.75) is 242 Å². The van der Waals surface area contributed by atoms with E-state index < -0.39 is 20.7 Å². The van der Waals surface area contributed by atoms with Gasteiger partial charge in [-0.15, -0.1) is 0 Å². The van der Waals surface area contributed by atoms with Crippen LogP contribution in [0.3, 0.4) is 0 Å². The number of ether oxygens (including phenoxy) is 2. The summed E-state index contributed by atoms with van der Waals surface area (Å²) < 4.78 is 41.4. The molecule has 0 bridgehead atoms. The molecule has 3 atom stereocenters. The average Bonchev–Trinajstić information content (AvgIpc) is 3.31. The normalized spacial score (nSPS) is 18.8. The Morgan fingerprint density at radius 1 is 0.507 bits per heavy atom. The molecular formula is C66H96O4S. The molecule has 0 fully saturated rings. The second kappa shape index (κ2) is 26.6. The predicted octanol–water partition coefficient (Wildman–Crippen LogP) is 18.9. The molecule has 5 rings (SSSR count). The highest BCUT2D eigenvalue weighted by Gasteiger charge is 2.40. The Balaban J connectivity index is 0.000000319. The van der Waals surface area contributed by atoms with E-state index in [9.17, 15) is 8.42 Å². The molecule has 2 aliphatic heterocycles. The van der Waals surface area contributed by atoms with E-state index in [-0.39, 0.29) is 5.60 Å². The molecule has 0 spiro atoms. The molecule has 0 saturated carbocycles. The maximum atomic E-state index is 14.0. The van der Waals surface area contributed by atoms with E-state index in [1.54, 1.807) is 24.3 Å². The smallest absolute Gasteiger partial charge is 0.184 e. The zero-order chi connectivity index (χ0) is 52.8. The van der Waals surface area contributed by atoms with Crippen molar-refractivity contribution >= 4 is 9.84 Å². The Kier molecular flexibility index (Phi) is 22.1. The minimum atomic E-state index is -3.58. The molecule has 0 aromatic heterocycles. The van der Waals surface area contributed by atoms with Crippen LogP contribution in [0.4, 0.5) is 0 Å². The zero-order valence-corrected chi connectivity index (χ0v) is 48.9. The van der Waals surface area contributed by atoms with Crippen molar-refractivity contribution in [2.75, 3.05) is 0 Å². The first-order valence-corrected chi connectivity index (χ1v) is 28.6. The number of benzene rings is 3. The van der Waals surface area contributed by atoms with Gasteiger partial charge in [0.2, 0.25) is 0 Å². The first-order chi connectivity index (χ1) is 33.3. The Morgan fingerprint density at radius 2 is 0.887 bits per heavy atom. The number of allylic oxidation sites excluding steroid dienone is 11. The van der Waals surface area contributed by atoms with E-state index in [1.807, 2.05) is 12.1 Å². The first kappa shape index (κ1) is 59.2. The van der Waals surface area contributed by atoms with Crippen molar-refractivity contribution in [3.05, 3.63) is 156 Å². The van der Waals surface area contributed by atoms with Gasteiger partial charge in [-0.25, -0.2) is 8.42 Å². The molecular weight excluding hydrogens is 889 g/mol. The van der Waals surface area contributed by atoms with Gasteiger partial charge in [-0.2, -0.15) is 0 Å². The molecule has 3 aromatic rings. The number of fused-ring (bicyclic) bond motifs is 2. The molecule has 4 nitrogen and oxygen atoms in total. The Labute approximate surface area is 435 Å². The van der Waals surface area contributed by atoms with Crippen LogP contribution in [0, 0.1) is 55.4 Å². The van der Waals surface area contributed by atoms with Gasteiger partial charge >= 0.3 is 0 Å². The molecule has 0 saturated heterocycles. The second-order valence-corrected chi connectivity index (χ2v) is 24.9. The van der Waals surface area contributed by atoms with Crippen LogP contribution >= 0.6 is 0 Å². The van der Waals surface area contributed by atoms with Crippen LogP contribution in [0.2, 0.25) is 0 Å². The quantitative estimate of drug-likeness (QED) is 0.106. The second-order valence-electron chi connectivity index (χ2n) is 22.7. The minimum absolute atomic E-state index is 0.0515. The summed E-state index contributed by atoms with van der Waals surface area (Å²) in [6.45, 7) is 39.4. The number of sulfone groups is 1. The lowest BCUT2D eigenvalue weighted by Gasteiger charge is -2.39. The monoisotopic (exact) mass is 985 g/mol. The summed E-state index contributed by atoms with van der Waals surface area (Å²) in [5, 5.41) is -0.655. The van der Waals surface area contributed by atoms with Crippen LogP contribution in [0.5, 0.6) is 11.5 Å². The number of rotatable bonds is 20. The van der Waals surface area contributed by atoms with Crippen LogP contribution in [-0.2, 0) is 22.7 Å². The topological polar surface area (TPSA) is 52.6 Å². The Morgan fingerprint density at radius 3 is 1.34 bits per heavy atom. The summed E-state index contributed by atoms with van der Waals surface area (Å²) in [4.78, 5) is 0.373. The van der Waals surface area contributed by atoms with Crippen molar-refractivity contribution in [1.82, 2.24) is 0 Å². The summed E-state index contributed by atoms with van der Waals surface area (Å²) >= 11 is 0. The van der Waals surface area contributed by atoms with Crippen molar-refractivity contribution in [1.29, 1.82) is 0 Å². The van der Waals surface area contributed by atoms with E-state index in [0.29, 0.717) is 11.3 Å². The van der Waals surface area contributed by atoms with Gasteiger partial charge in [0, 0.05) is 6.42 Å². The van der Waals surface area contributed by atoms with Crippen LogP contribution in [0.15, 0.2) is 105 Å². The molecule has 2 heterocycles. The molecule has 0 amide bonds. The lowest BCUT2D eigenvalue weighted by molar-refractivity contribution is 0.0559. The summed E-state index contributed by atoms with van der Waals surface area (Å²) in [6.07, 6.45) is 28.9. The standard InChI is InChI=1S/C36H50O3S.C30H46O/c1-25(2)15-13-16-26(3)17-14-18-27(4)23-33(40(37,38)32-19-11-10-12-20-32)24-36(9)22-21-34-30(7)28(5)29(6)31(8)35(34)39-36;1-21(2)13-10-14-22(3)15-11-16-23(4)17-12-19-30(9)20-18-28-26(7)24(5)25(6)27(8)29(28)31-30/h10-12,15,17,19-20,23,33H,13-14,16,18,21-22,24H2,1-9H3;13,15,17H,10-12,14,16,18-20H2,1-9H3/b26-17+,27-23+;22-15+,23-17+/t33?,36-;30-/m01/s1. The highest BCUT2D eigenvalue weighted by atomic mass is 32.2. The van der Waals surface area contributed by atoms with Gasteiger partial charge in [-0.1, -0.05) is 88.1 Å². The highest BCUT2D eigenvalue weighted by molar-refractivity contribution is 7.92. The van der Waals surface area contributed by atoms with E-state index in [2.05, 4.69) is 155 Å². The summed E-state index contributed by atoms with van der Waals surface area (Å²) in [7, 11) is -3.58. The number of hydrogen-bond acceptors (Lipinski definition) is 4. The molecule has 71 heavy (non-hydrogen) atoms. The molecule has 0 aliphatic carbocycles. The highest BCUT2D eigenvalue weighted by Crippen LogP contribution is 2.44. The van der Waals surface area contributed by atoms with Crippen LogP contribution < -0.4 is 9.47 Å². The lowest BCUT2D eigenvalue weighted by atomic mass is 9.83. The maximum Gasteiger partial charge on any atom is 0.184 e. The summed E-state index contributed by atoms with van der Waals surface area (Å²) in [5.74, 6) is 2.13. The van der Waals surface area contributed by atoms with E-state index in [1.165, 1.54) is 102 Å². The molecule has 1 unspecified atom stereocenters. The van der Waals surface area contributed by atoms with Gasteiger partial charge in [-0.05, 0) is 282 Å². The Hall–Kier alpha value is -4.35. The molecule has 3 aromatic carbocycles. The molecule has 0 N–H and O–H groups in total. The predicted molar refractivity (Wildman–Crippen MR) is 308 cm³/mol. The fraction of sp³-hybridized carbons (Fsp3) is 0.545. The SMILES string of the molecule is CC(C)=CCC/C(C)=C/CC/C(C)=C/C(C[C@]1(C)CCc2c(C)c(C)c(C)c(C)c2O1)S(=O)(=O)c1ccccc1.CC(C)=CCC/C(C)=C/CC/C(C)=C/CC[C@]1(C)CCc2c(C)c(C)c(C)c(C)c2O1. The average molecular weight is 986 g/mol. The lowest BCUT2D eigenvalue weighted by Crippen LogP contribution is -2.42. The van der Waals surface area contributed by atoms with Gasteiger partial charge in [0.15, 0.2) is 9.84 Å². The third-order valence-corrected chi connectivity index (χ3v) is 18.0. The molecule has 5 heteroatoms. The zero-order valence-electron chi connectivity index (χ0n) is 48.1. The Bertz CT molecular complexity index is 2600. The molecule has 0 radical (unpaired) electrons. The van der Waals surface area contributed by atoms with Crippen LogP contribution in [-0.4, -0.2) is 24.9 Å². The third-order valence-electron chi connectivity index (χ3n) is 16.0. The minimum Gasteiger partial charge on any atom is -0.487 e. The summed E-state index contributed by atoms with van der Waals surface area (Å²) in [6, 6.07) is 8.89. The molecule has 2 aliphatic rings. The van der Waals surface area contributed by atoms with Crippen molar-refractivity contribution in [2.24, 2.45) is 0 Å². The van der Waals surface area contributed by atoms with Gasteiger partial charge in [0.05, 0.1) is 10.1 Å². The van der Waals surface area contributed by atoms with Crippen LogP contribution in [0.1, 0.15) is 208 Å². The molecule has 390 valence electrons. The van der Waals surface area contributed by atoms with Gasteiger partial charge in [0.1, 0.15) is 22.7 Å². The van der Waals surface area contributed by atoms with E-state index in [0.717, 1.165) is 88.4 Å². The van der Waals surface area contributed by atoms with E-state index >= 15 is 0 Å². The number of hydrogen-bond donors (Lipinski definition) is 0. The van der Waals surface area contributed by atoms with Crippen molar-refractivity contribution < 1.29 is 17.9 Å². The van der Waals surface area contributed by atoms with Gasteiger partial charge in [-0.3, -0.25) is 0 Å². The fourth-order valence-electron chi connectivity index (χ4n) is 10.4. The van der Waals surface area contributed by atoms with Crippen LogP contribution in [0.25, 0.3) is 0 Å².